The smallest absolute Gasteiger partial charge is 0.124 e. The molecule has 2 N–H and O–H groups in total. The van der Waals surface area contributed by atoms with Crippen molar-refractivity contribution in [3.63, 3.8) is 0 Å². The van der Waals surface area contributed by atoms with Gasteiger partial charge in [-0.05, 0) is 33.7 Å². The molecule has 5 aromatic carbocycles. The third-order valence-corrected chi connectivity index (χ3v) is 5.56. The highest BCUT2D eigenvalue weighted by Crippen LogP contribution is 2.44. The Hall–Kier alpha value is -3.53. The van der Waals surface area contributed by atoms with Gasteiger partial charge in [0, 0.05) is 16.7 Å². The summed E-state index contributed by atoms with van der Waals surface area (Å²) >= 11 is 0. The van der Waals surface area contributed by atoms with Crippen molar-refractivity contribution >= 4 is 21.5 Å². The second-order valence-corrected chi connectivity index (χ2v) is 9.30. The Balaban J connectivity index is 0.000000231. The predicted molar refractivity (Wildman–Crippen MR) is 138 cm³/mol. The first-order chi connectivity index (χ1) is 15.8. The van der Waals surface area contributed by atoms with Gasteiger partial charge < -0.3 is 27.1 Å². The number of phenolic OH excluding ortho intramolecular Hbond substituents is 2. The van der Waals surface area contributed by atoms with Gasteiger partial charge in [0.1, 0.15) is 18.0 Å². The quantitative estimate of drug-likeness (QED) is 0.391. The lowest BCUT2D eigenvalue weighted by atomic mass is 9.92. The molecule has 0 spiro atoms. The highest BCUT2D eigenvalue weighted by Gasteiger charge is 2.16. The molecule has 34 heavy (non-hydrogen) atoms. The van der Waals surface area contributed by atoms with E-state index in [9.17, 15) is 10.2 Å². The number of hydrogen-bond acceptors (Lipinski definition) is 2. The van der Waals surface area contributed by atoms with E-state index in [1.165, 1.54) is 5.56 Å². The molecule has 4 heteroatoms. The molecule has 0 aliphatic rings. The SMILES string of the molecule is C[N+](C)(C)Cc1ccccc1.Oc1ccc2ccccc2c1-c1c(O)ccc2ccccc12.[Cl-]. The van der Waals surface area contributed by atoms with Gasteiger partial charge in [0.05, 0.1) is 21.1 Å². The number of halogens is 1. The van der Waals surface area contributed by atoms with Crippen molar-refractivity contribution in [2.24, 2.45) is 0 Å². The maximum atomic E-state index is 10.4. The molecule has 0 amide bonds. The maximum Gasteiger partial charge on any atom is 0.124 e. The molecule has 174 valence electrons. The molecular formula is C30H30ClNO2. The number of quaternary nitrogens is 1. The Morgan fingerprint density at radius 1 is 0.529 bits per heavy atom. The zero-order valence-corrected chi connectivity index (χ0v) is 20.5. The zero-order chi connectivity index (χ0) is 23.4. The fourth-order valence-electron chi connectivity index (χ4n) is 4.18. The molecule has 5 aromatic rings. The number of aromatic hydroxyl groups is 2. The van der Waals surface area contributed by atoms with E-state index in [4.69, 9.17) is 0 Å². The summed E-state index contributed by atoms with van der Waals surface area (Å²) in [6, 6.07) is 33.4. The first kappa shape index (κ1) is 25.1. The molecule has 0 aliphatic carbocycles. The topological polar surface area (TPSA) is 40.5 Å². The van der Waals surface area contributed by atoms with Gasteiger partial charge in [0.15, 0.2) is 0 Å². The zero-order valence-electron chi connectivity index (χ0n) is 19.7. The summed E-state index contributed by atoms with van der Waals surface area (Å²) < 4.78 is 0.990. The summed E-state index contributed by atoms with van der Waals surface area (Å²) in [6.45, 7) is 1.10. The molecule has 0 saturated heterocycles. The van der Waals surface area contributed by atoms with Crippen molar-refractivity contribution in [2.45, 2.75) is 6.54 Å². The Bertz CT molecular complexity index is 1310. The monoisotopic (exact) mass is 471 g/mol. The molecule has 0 bridgehead atoms. The number of phenols is 2. The van der Waals surface area contributed by atoms with Crippen LogP contribution in [0.5, 0.6) is 11.5 Å². The van der Waals surface area contributed by atoms with E-state index < -0.39 is 0 Å². The van der Waals surface area contributed by atoms with Crippen LogP contribution in [-0.4, -0.2) is 35.8 Å². The molecule has 5 rings (SSSR count). The van der Waals surface area contributed by atoms with Crippen LogP contribution in [0.25, 0.3) is 32.7 Å². The number of nitrogens with zero attached hydrogens (tertiary/aromatic N) is 1. The number of benzene rings is 5. The molecular weight excluding hydrogens is 442 g/mol. The van der Waals surface area contributed by atoms with Crippen LogP contribution in [0, 0.1) is 0 Å². The van der Waals surface area contributed by atoms with Gasteiger partial charge in [0.2, 0.25) is 0 Å². The lowest BCUT2D eigenvalue weighted by molar-refractivity contribution is -0.884. The van der Waals surface area contributed by atoms with Gasteiger partial charge in [0.25, 0.3) is 0 Å². The van der Waals surface area contributed by atoms with E-state index in [0.29, 0.717) is 11.1 Å². The molecule has 0 fully saturated rings. The summed E-state index contributed by atoms with van der Waals surface area (Å²) in [6.07, 6.45) is 0. The number of rotatable bonds is 3. The van der Waals surface area contributed by atoms with Crippen LogP contribution in [-0.2, 0) is 6.54 Å². The summed E-state index contributed by atoms with van der Waals surface area (Å²) in [5, 5.41) is 24.8. The standard InChI is InChI=1S/C20H14O2.C10H16N.ClH/c21-17-11-9-13-5-1-3-7-15(13)19(17)20-16-8-4-2-6-14(16)10-12-18(20)22;1-11(2,3)9-10-7-5-4-6-8-10;/h1-12,21-22H;4-8H,9H2,1-3H3;1H/q;+1;/p-1. The molecule has 0 aromatic heterocycles. The molecule has 0 aliphatic heterocycles. The van der Waals surface area contributed by atoms with E-state index in [1.54, 1.807) is 12.1 Å². The average molecular weight is 472 g/mol. The van der Waals surface area contributed by atoms with Gasteiger partial charge >= 0.3 is 0 Å². The minimum Gasteiger partial charge on any atom is -1.00 e. The Morgan fingerprint density at radius 2 is 0.941 bits per heavy atom. The second kappa shape index (κ2) is 10.6. The number of hydrogen-bond donors (Lipinski definition) is 2. The minimum atomic E-state index is 0. The van der Waals surface area contributed by atoms with Gasteiger partial charge in [-0.3, -0.25) is 0 Å². The highest BCUT2D eigenvalue weighted by molar-refractivity contribution is 6.09. The largest absolute Gasteiger partial charge is 1.00 e. The van der Waals surface area contributed by atoms with Crippen molar-refractivity contribution in [1.29, 1.82) is 0 Å². The molecule has 0 unspecified atom stereocenters. The number of fused-ring (bicyclic) bond motifs is 2. The summed E-state index contributed by atoms with van der Waals surface area (Å²) in [5.74, 6) is 0.343. The molecule has 0 saturated carbocycles. The van der Waals surface area contributed by atoms with Gasteiger partial charge in [-0.1, -0.05) is 91.0 Å². The third-order valence-electron chi connectivity index (χ3n) is 5.56. The van der Waals surface area contributed by atoms with Crippen molar-refractivity contribution in [3.05, 3.63) is 109 Å². The predicted octanol–water partition coefficient (Wildman–Crippen LogP) is 3.97. The van der Waals surface area contributed by atoms with E-state index in [1.807, 2.05) is 60.7 Å². The van der Waals surface area contributed by atoms with Gasteiger partial charge in [-0.2, -0.15) is 0 Å². The van der Waals surface area contributed by atoms with Crippen molar-refractivity contribution in [3.8, 4) is 22.6 Å². The Labute approximate surface area is 207 Å². The first-order valence-electron chi connectivity index (χ1n) is 11.1. The van der Waals surface area contributed by atoms with Crippen LogP contribution >= 0.6 is 0 Å². The van der Waals surface area contributed by atoms with E-state index in [-0.39, 0.29) is 23.9 Å². The van der Waals surface area contributed by atoms with E-state index >= 15 is 0 Å². The minimum absolute atomic E-state index is 0. The van der Waals surface area contributed by atoms with Crippen LogP contribution < -0.4 is 12.4 Å². The summed E-state index contributed by atoms with van der Waals surface area (Å²) in [7, 11) is 6.60. The molecule has 3 nitrogen and oxygen atoms in total. The summed E-state index contributed by atoms with van der Waals surface area (Å²) in [5.41, 5.74) is 2.75. The van der Waals surface area contributed by atoms with Crippen LogP contribution in [0.2, 0.25) is 0 Å². The van der Waals surface area contributed by atoms with Gasteiger partial charge in [-0.15, -0.1) is 0 Å². The van der Waals surface area contributed by atoms with Crippen molar-refractivity contribution in [2.75, 3.05) is 21.1 Å². The van der Waals surface area contributed by atoms with Crippen LogP contribution in [0.15, 0.2) is 103 Å². The van der Waals surface area contributed by atoms with Gasteiger partial charge in [-0.25, -0.2) is 0 Å². The lowest BCUT2D eigenvalue weighted by Crippen LogP contribution is -3.00. The van der Waals surface area contributed by atoms with E-state index in [0.717, 1.165) is 32.6 Å². The van der Waals surface area contributed by atoms with Crippen LogP contribution in [0.1, 0.15) is 5.56 Å². The first-order valence-corrected chi connectivity index (χ1v) is 11.1. The van der Waals surface area contributed by atoms with Crippen molar-refractivity contribution in [1.82, 2.24) is 0 Å². The Morgan fingerprint density at radius 3 is 1.38 bits per heavy atom. The average Bonchev–Trinajstić information content (AvgIpc) is 2.80. The van der Waals surface area contributed by atoms with Crippen LogP contribution in [0.4, 0.5) is 0 Å². The maximum absolute atomic E-state index is 10.4. The van der Waals surface area contributed by atoms with E-state index in [2.05, 4.69) is 51.5 Å². The second-order valence-electron chi connectivity index (χ2n) is 9.30. The fourth-order valence-corrected chi connectivity index (χ4v) is 4.18. The summed E-state index contributed by atoms with van der Waals surface area (Å²) in [4.78, 5) is 0. The fraction of sp³-hybridized carbons (Fsp3) is 0.133. The molecule has 0 radical (unpaired) electrons. The molecule has 0 heterocycles. The van der Waals surface area contributed by atoms with Crippen molar-refractivity contribution < 1.29 is 27.1 Å². The highest BCUT2D eigenvalue weighted by atomic mass is 35.5. The normalized spacial score (nSPS) is 10.9. The van der Waals surface area contributed by atoms with Crippen LogP contribution in [0.3, 0.4) is 0 Å². The lowest BCUT2D eigenvalue weighted by Gasteiger charge is -2.23. The third kappa shape index (κ3) is 5.69. The molecule has 0 atom stereocenters. The Kier molecular flexibility index (Phi) is 7.83.